The minimum Gasteiger partial charge on any atom is -0.267 e. The van der Waals surface area contributed by atoms with E-state index in [0.29, 0.717) is 15.6 Å². The SMILES string of the molecule is O=C1/C(=C\c2ccc(Cl)c(Cl)c2)SC(=S)N1NS(=O)(=O)c1cccs1. The number of nitrogens with one attached hydrogen (secondary N) is 1. The molecule has 1 aromatic heterocycles. The number of hydrogen-bond donors (Lipinski definition) is 1. The van der Waals surface area contributed by atoms with Crippen molar-refractivity contribution in [3.8, 4) is 0 Å². The first-order valence-electron chi connectivity index (χ1n) is 6.57. The van der Waals surface area contributed by atoms with Gasteiger partial charge in [-0.15, -0.1) is 16.2 Å². The molecule has 11 heteroatoms. The zero-order valence-corrected chi connectivity index (χ0v) is 16.9. The summed E-state index contributed by atoms with van der Waals surface area (Å²) in [5.41, 5.74) is 0.649. The molecule has 0 bridgehead atoms. The van der Waals surface area contributed by atoms with Gasteiger partial charge in [-0.25, -0.2) is 13.4 Å². The van der Waals surface area contributed by atoms with Crippen LogP contribution in [0, 0.1) is 0 Å². The van der Waals surface area contributed by atoms with Crippen LogP contribution in [0.4, 0.5) is 0 Å². The molecule has 1 aliphatic rings. The number of sulfonamides is 1. The van der Waals surface area contributed by atoms with Gasteiger partial charge in [-0.05, 0) is 35.2 Å². The second kappa shape index (κ2) is 7.36. The molecule has 130 valence electrons. The highest BCUT2D eigenvalue weighted by Gasteiger charge is 2.35. The van der Waals surface area contributed by atoms with Crippen LogP contribution in [0.25, 0.3) is 6.08 Å². The lowest BCUT2D eigenvalue weighted by atomic mass is 10.2. The van der Waals surface area contributed by atoms with Gasteiger partial charge in [0, 0.05) is 0 Å². The van der Waals surface area contributed by atoms with Crippen LogP contribution in [0.1, 0.15) is 5.56 Å². The maximum Gasteiger partial charge on any atom is 0.281 e. The standard InChI is InChI=1S/C14H8Cl2N2O3S4/c15-9-4-3-8(6-10(9)16)7-11-13(19)18(14(22)24-11)17-25(20,21)12-2-1-5-23-12/h1-7,17H/b11-7+. The zero-order valence-electron chi connectivity index (χ0n) is 12.1. The summed E-state index contributed by atoms with van der Waals surface area (Å²) >= 11 is 19.0. The topological polar surface area (TPSA) is 66.5 Å². The Bertz CT molecular complexity index is 988. The Morgan fingerprint density at radius 3 is 2.60 bits per heavy atom. The van der Waals surface area contributed by atoms with Crippen molar-refractivity contribution in [2.24, 2.45) is 0 Å². The van der Waals surface area contributed by atoms with E-state index in [1.54, 1.807) is 35.7 Å². The van der Waals surface area contributed by atoms with Crippen molar-refractivity contribution in [1.29, 1.82) is 0 Å². The minimum absolute atomic E-state index is 0.0926. The van der Waals surface area contributed by atoms with Gasteiger partial charge in [-0.1, -0.05) is 59.3 Å². The average Bonchev–Trinajstić information content (AvgIpc) is 3.17. The van der Waals surface area contributed by atoms with Gasteiger partial charge in [0.15, 0.2) is 4.32 Å². The number of nitrogens with zero attached hydrogens (tertiary/aromatic N) is 1. The highest BCUT2D eigenvalue weighted by molar-refractivity contribution is 8.26. The first-order chi connectivity index (χ1) is 11.8. The summed E-state index contributed by atoms with van der Waals surface area (Å²) in [5.74, 6) is -0.554. The molecule has 0 saturated carbocycles. The van der Waals surface area contributed by atoms with Gasteiger partial charge in [-0.2, -0.15) is 0 Å². The third-order valence-corrected chi connectivity index (χ3v) is 7.74. The molecule has 1 aliphatic heterocycles. The summed E-state index contributed by atoms with van der Waals surface area (Å²) in [6.07, 6.45) is 1.57. The quantitative estimate of drug-likeness (QED) is 0.559. The van der Waals surface area contributed by atoms with Crippen molar-refractivity contribution in [2.75, 3.05) is 0 Å². The molecule has 1 amide bonds. The van der Waals surface area contributed by atoms with Crippen molar-refractivity contribution in [3.63, 3.8) is 0 Å². The zero-order chi connectivity index (χ0) is 18.2. The molecule has 0 radical (unpaired) electrons. The monoisotopic (exact) mass is 450 g/mol. The summed E-state index contributed by atoms with van der Waals surface area (Å²) in [6, 6.07) is 7.95. The molecule has 1 aromatic carbocycles. The summed E-state index contributed by atoms with van der Waals surface area (Å²) in [5, 5.41) is 3.22. The number of carbonyl (C=O) groups is 1. The third kappa shape index (κ3) is 4.08. The lowest BCUT2D eigenvalue weighted by molar-refractivity contribution is -0.123. The van der Waals surface area contributed by atoms with Gasteiger partial charge in [0.25, 0.3) is 15.9 Å². The summed E-state index contributed by atoms with van der Waals surface area (Å²) in [7, 11) is -3.87. The number of hydrogen-bond acceptors (Lipinski definition) is 6. The highest BCUT2D eigenvalue weighted by Crippen LogP contribution is 2.33. The van der Waals surface area contributed by atoms with Crippen LogP contribution >= 0.6 is 58.5 Å². The van der Waals surface area contributed by atoms with Crippen LogP contribution in [0.3, 0.4) is 0 Å². The molecule has 1 saturated heterocycles. The summed E-state index contributed by atoms with van der Waals surface area (Å²) < 4.78 is 24.7. The molecular formula is C14H8Cl2N2O3S4. The molecular weight excluding hydrogens is 443 g/mol. The van der Waals surface area contributed by atoms with E-state index in [2.05, 4.69) is 4.83 Å². The Kier molecular flexibility index (Phi) is 5.54. The predicted molar refractivity (Wildman–Crippen MR) is 106 cm³/mol. The van der Waals surface area contributed by atoms with Crippen molar-refractivity contribution in [1.82, 2.24) is 9.84 Å². The largest absolute Gasteiger partial charge is 0.281 e. The van der Waals surface area contributed by atoms with Gasteiger partial charge in [0.1, 0.15) is 4.21 Å². The molecule has 5 nitrogen and oxygen atoms in total. The molecule has 1 N–H and O–H groups in total. The predicted octanol–water partition coefficient (Wildman–Crippen LogP) is 4.15. The third-order valence-electron chi connectivity index (χ3n) is 3.01. The van der Waals surface area contributed by atoms with Crippen molar-refractivity contribution in [3.05, 3.63) is 56.2 Å². The fourth-order valence-electron chi connectivity index (χ4n) is 1.88. The fraction of sp³-hybridized carbons (Fsp3) is 0. The van der Waals surface area contributed by atoms with Crippen molar-refractivity contribution >= 4 is 84.8 Å². The Morgan fingerprint density at radius 1 is 1.20 bits per heavy atom. The van der Waals surface area contributed by atoms with Crippen LogP contribution in [0.15, 0.2) is 44.8 Å². The van der Waals surface area contributed by atoms with Crippen molar-refractivity contribution in [2.45, 2.75) is 4.21 Å². The summed E-state index contributed by atoms with van der Waals surface area (Å²) in [6.45, 7) is 0. The molecule has 0 aliphatic carbocycles. The van der Waals surface area contributed by atoms with Gasteiger partial charge < -0.3 is 0 Å². The van der Waals surface area contributed by atoms with E-state index >= 15 is 0 Å². The number of thiocarbonyl (C=S) groups is 1. The second-order valence-electron chi connectivity index (χ2n) is 4.72. The van der Waals surface area contributed by atoms with Gasteiger partial charge in [0.2, 0.25) is 0 Å². The molecule has 25 heavy (non-hydrogen) atoms. The number of rotatable bonds is 4. The van der Waals surface area contributed by atoms with Crippen molar-refractivity contribution < 1.29 is 13.2 Å². The first-order valence-corrected chi connectivity index (χ1v) is 10.9. The Balaban J connectivity index is 1.85. The van der Waals surface area contributed by atoms with E-state index in [-0.39, 0.29) is 13.4 Å². The Labute approximate surface area is 167 Å². The van der Waals surface area contributed by atoms with E-state index in [4.69, 9.17) is 35.4 Å². The highest BCUT2D eigenvalue weighted by atomic mass is 35.5. The second-order valence-corrected chi connectivity index (χ2v) is 10.0. The molecule has 1 fully saturated rings. The van der Waals surface area contributed by atoms with E-state index in [9.17, 15) is 13.2 Å². The Morgan fingerprint density at radius 2 is 1.96 bits per heavy atom. The number of benzene rings is 1. The molecule has 2 aromatic rings. The van der Waals surface area contributed by atoms with Gasteiger partial charge >= 0.3 is 0 Å². The van der Waals surface area contributed by atoms with Crippen LogP contribution in [0.5, 0.6) is 0 Å². The number of thiophene rings is 1. The maximum absolute atomic E-state index is 12.5. The normalized spacial score (nSPS) is 16.9. The molecule has 0 atom stereocenters. The van der Waals surface area contributed by atoms with Crippen LogP contribution < -0.4 is 4.83 Å². The van der Waals surface area contributed by atoms with E-state index < -0.39 is 15.9 Å². The fourth-order valence-corrected chi connectivity index (χ4v) is 5.48. The molecule has 0 spiro atoms. The van der Waals surface area contributed by atoms with Gasteiger partial charge in [-0.3, -0.25) is 4.79 Å². The number of hydrazine groups is 1. The summed E-state index contributed by atoms with van der Waals surface area (Å²) in [4.78, 5) is 15.0. The average molecular weight is 451 g/mol. The number of thioether (sulfide) groups is 1. The number of amides is 1. The lowest BCUT2D eigenvalue weighted by Gasteiger charge is -2.14. The smallest absolute Gasteiger partial charge is 0.267 e. The maximum atomic E-state index is 12.5. The van der Waals surface area contributed by atoms with Gasteiger partial charge in [0.05, 0.1) is 15.0 Å². The lowest BCUT2D eigenvalue weighted by Crippen LogP contribution is -2.44. The first kappa shape index (κ1) is 18.8. The molecule has 2 heterocycles. The van der Waals surface area contributed by atoms with E-state index in [1.807, 2.05) is 0 Å². The Hall–Kier alpha value is -0.940. The minimum atomic E-state index is -3.87. The molecule has 3 rings (SSSR count). The van der Waals surface area contributed by atoms with E-state index in [1.165, 1.54) is 6.07 Å². The van der Waals surface area contributed by atoms with Crippen LogP contribution in [0.2, 0.25) is 10.0 Å². The number of carbonyl (C=O) groups excluding carboxylic acids is 1. The van der Waals surface area contributed by atoms with Crippen LogP contribution in [-0.2, 0) is 14.8 Å². The number of halogens is 2. The van der Waals surface area contributed by atoms with Crippen LogP contribution in [-0.4, -0.2) is 23.7 Å². The van der Waals surface area contributed by atoms with E-state index in [0.717, 1.165) is 28.1 Å². The molecule has 0 unspecified atom stereocenters.